The van der Waals surface area contributed by atoms with Crippen molar-refractivity contribution in [3.8, 4) is 0 Å². The van der Waals surface area contributed by atoms with Crippen LogP contribution >= 0.6 is 0 Å². The molecule has 0 radical (unpaired) electrons. The lowest BCUT2D eigenvalue weighted by Gasteiger charge is -2.00. The Labute approximate surface area is 126 Å². The number of furan rings is 1. The third-order valence-corrected chi connectivity index (χ3v) is 3.61. The van der Waals surface area contributed by atoms with E-state index in [2.05, 4.69) is 15.3 Å². The molecule has 2 N–H and O–H groups in total. The summed E-state index contributed by atoms with van der Waals surface area (Å²) >= 11 is 0. The Bertz CT molecular complexity index is 955. The number of H-pyrrole nitrogens is 1. The molecule has 5 heteroatoms. The number of fused-ring (bicyclic) bond motifs is 3. The minimum absolute atomic E-state index is 0.170. The number of carbonyl (C=O) groups is 1. The Hall–Kier alpha value is -3.08. The van der Waals surface area contributed by atoms with E-state index in [0.717, 1.165) is 27.6 Å². The van der Waals surface area contributed by atoms with Gasteiger partial charge in [0.05, 0.1) is 23.8 Å². The predicted octanol–water partition coefficient (Wildman–Crippen LogP) is 3.24. The molecule has 0 saturated carbocycles. The molecule has 0 aliphatic carbocycles. The van der Waals surface area contributed by atoms with Gasteiger partial charge in [0.15, 0.2) is 0 Å². The summed E-state index contributed by atoms with van der Waals surface area (Å²) in [5.74, 6) is 0.549. The fraction of sp³-hybridized carbons (Fsp3) is 0.0588. The molecule has 3 heterocycles. The molecular formula is C17H13N3O2. The summed E-state index contributed by atoms with van der Waals surface area (Å²) < 4.78 is 5.20. The van der Waals surface area contributed by atoms with Gasteiger partial charge < -0.3 is 14.7 Å². The van der Waals surface area contributed by atoms with Gasteiger partial charge in [-0.15, -0.1) is 0 Å². The largest absolute Gasteiger partial charge is 0.467 e. The molecular weight excluding hydrogens is 278 g/mol. The fourth-order valence-electron chi connectivity index (χ4n) is 2.54. The Morgan fingerprint density at radius 3 is 2.95 bits per heavy atom. The van der Waals surface area contributed by atoms with Crippen LogP contribution in [0.5, 0.6) is 0 Å². The first-order chi connectivity index (χ1) is 10.8. The highest BCUT2D eigenvalue weighted by molar-refractivity contribution is 6.07. The van der Waals surface area contributed by atoms with E-state index in [1.165, 1.54) is 0 Å². The summed E-state index contributed by atoms with van der Waals surface area (Å²) in [4.78, 5) is 19.8. The third-order valence-electron chi connectivity index (χ3n) is 3.61. The van der Waals surface area contributed by atoms with Gasteiger partial charge in [-0.2, -0.15) is 0 Å². The van der Waals surface area contributed by atoms with Crippen LogP contribution in [0, 0.1) is 0 Å². The Kier molecular flexibility index (Phi) is 2.89. The monoisotopic (exact) mass is 291 g/mol. The van der Waals surface area contributed by atoms with Crippen molar-refractivity contribution in [2.24, 2.45) is 0 Å². The zero-order valence-electron chi connectivity index (χ0n) is 11.7. The first kappa shape index (κ1) is 12.6. The van der Waals surface area contributed by atoms with Crippen LogP contribution in [0.4, 0.5) is 0 Å². The average Bonchev–Trinajstić information content (AvgIpc) is 3.21. The molecule has 3 aromatic heterocycles. The van der Waals surface area contributed by atoms with E-state index < -0.39 is 0 Å². The van der Waals surface area contributed by atoms with Crippen molar-refractivity contribution in [1.29, 1.82) is 0 Å². The molecule has 108 valence electrons. The van der Waals surface area contributed by atoms with Gasteiger partial charge in [0.1, 0.15) is 11.5 Å². The van der Waals surface area contributed by atoms with Crippen LogP contribution in [-0.2, 0) is 6.54 Å². The van der Waals surface area contributed by atoms with E-state index in [-0.39, 0.29) is 5.91 Å². The van der Waals surface area contributed by atoms with Gasteiger partial charge in [-0.25, -0.2) is 0 Å². The van der Waals surface area contributed by atoms with Crippen LogP contribution < -0.4 is 5.32 Å². The molecule has 0 aliphatic rings. The van der Waals surface area contributed by atoms with Crippen LogP contribution in [0.15, 0.2) is 59.3 Å². The molecule has 22 heavy (non-hydrogen) atoms. The van der Waals surface area contributed by atoms with E-state index in [9.17, 15) is 4.79 Å². The molecule has 0 spiro atoms. The zero-order valence-corrected chi connectivity index (χ0v) is 11.7. The minimum atomic E-state index is -0.170. The first-order valence-corrected chi connectivity index (χ1v) is 6.98. The SMILES string of the molecule is O=C(NCc1ccco1)c1cc2ccc3cccnc3c2[nH]1. The van der Waals surface area contributed by atoms with Gasteiger partial charge in [-0.1, -0.05) is 18.2 Å². The van der Waals surface area contributed by atoms with Gasteiger partial charge >= 0.3 is 0 Å². The van der Waals surface area contributed by atoms with Crippen molar-refractivity contribution in [2.45, 2.75) is 6.54 Å². The summed E-state index contributed by atoms with van der Waals surface area (Å²) in [7, 11) is 0. The molecule has 1 aromatic carbocycles. The molecule has 0 aliphatic heterocycles. The topological polar surface area (TPSA) is 70.9 Å². The second-order valence-electron chi connectivity index (χ2n) is 5.05. The maximum absolute atomic E-state index is 12.2. The van der Waals surface area contributed by atoms with Gasteiger partial charge in [0.25, 0.3) is 5.91 Å². The van der Waals surface area contributed by atoms with Crippen LogP contribution in [0.2, 0.25) is 0 Å². The average molecular weight is 291 g/mol. The lowest BCUT2D eigenvalue weighted by atomic mass is 10.1. The Balaban J connectivity index is 1.67. The number of nitrogens with zero attached hydrogens (tertiary/aromatic N) is 1. The van der Waals surface area contributed by atoms with Crippen molar-refractivity contribution in [1.82, 2.24) is 15.3 Å². The first-order valence-electron chi connectivity index (χ1n) is 6.98. The Morgan fingerprint density at radius 1 is 1.18 bits per heavy atom. The minimum Gasteiger partial charge on any atom is -0.467 e. The number of aromatic amines is 1. The molecule has 1 amide bonds. The normalized spacial score (nSPS) is 11.1. The van der Waals surface area contributed by atoms with E-state index in [4.69, 9.17) is 4.42 Å². The van der Waals surface area contributed by atoms with Gasteiger partial charge in [0, 0.05) is 17.0 Å². The fourth-order valence-corrected chi connectivity index (χ4v) is 2.54. The standard InChI is InChI=1S/C17H13N3O2/c21-17(19-10-13-4-2-8-22-13)14-9-12-6-5-11-3-1-7-18-15(11)16(12)20-14/h1-9,20H,10H2,(H,19,21). The molecule has 4 rings (SSSR count). The summed E-state index contributed by atoms with van der Waals surface area (Å²) in [6.07, 6.45) is 3.33. The van der Waals surface area contributed by atoms with Crippen molar-refractivity contribution in [3.63, 3.8) is 0 Å². The highest BCUT2D eigenvalue weighted by Crippen LogP contribution is 2.23. The number of pyridine rings is 1. The molecule has 0 bridgehead atoms. The number of hydrogen-bond acceptors (Lipinski definition) is 3. The van der Waals surface area contributed by atoms with Crippen LogP contribution in [0.1, 0.15) is 16.2 Å². The lowest BCUT2D eigenvalue weighted by molar-refractivity contribution is 0.0944. The summed E-state index contributed by atoms with van der Waals surface area (Å²) in [5.41, 5.74) is 2.26. The Morgan fingerprint density at radius 2 is 2.09 bits per heavy atom. The predicted molar refractivity (Wildman–Crippen MR) is 83.5 cm³/mol. The van der Waals surface area contributed by atoms with Crippen molar-refractivity contribution < 1.29 is 9.21 Å². The molecule has 0 atom stereocenters. The highest BCUT2D eigenvalue weighted by atomic mass is 16.3. The van der Waals surface area contributed by atoms with E-state index in [1.54, 1.807) is 18.5 Å². The number of amides is 1. The maximum Gasteiger partial charge on any atom is 0.268 e. The molecule has 4 aromatic rings. The van der Waals surface area contributed by atoms with Crippen LogP contribution in [0.3, 0.4) is 0 Å². The second-order valence-corrected chi connectivity index (χ2v) is 5.05. The number of benzene rings is 1. The van der Waals surface area contributed by atoms with E-state index >= 15 is 0 Å². The highest BCUT2D eigenvalue weighted by Gasteiger charge is 2.11. The summed E-state index contributed by atoms with van der Waals surface area (Å²) in [6, 6.07) is 13.3. The second kappa shape index (κ2) is 5.04. The number of nitrogens with one attached hydrogen (secondary N) is 2. The molecule has 0 fully saturated rings. The van der Waals surface area contributed by atoms with Crippen molar-refractivity contribution >= 4 is 27.7 Å². The lowest BCUT2D eigenvalue weighted by Crippen LogP contribution is -2.22. The molecule has 0 unspecified atom stereocenters. The number of carbonyl (C=O) groups excluding carboxylic acids is 1. The van der Waals surface area contributed by atoms with E-state index in [1.807, 2.05) is 36.4 Å². The van der Waals surface area contributed by atoms with Crippen LogP contribution in [-0.4, -0.2) is 15.9 Å². The molecule has 5 nitrogen and oxygen atoms in total. The summed E-state index contributed by atoms with van der Waals surface area (Å²) in [5, 5.41) is 4.83. The number of aromatic nitrogens is 2. The van der Waals surface area contributed by atoms with Gasteiger partial charge in [-0.3, -0.25) is 9.78 Å². The van der Waals surface area contributed by atoms with Crippen molar-refractivity contribution in [2.75, 3.05) is 0 Å². The number of hydrogen-bond donors (Lipinski definition) is 2. The van der Waals surface area contributed by atoms with Gasteiger partial charge in [-0.05, 0) is 24.3 Å². The zero-order chi connectivity index (χ0) is 14.9. The van der Waals surface area contributed by atoms with E-state index in [0.29, 0.717) is 12.2 Å². The third kappa shape index (κ3) is 2.13. The van der Waals surface area contributed by atoms with Crippen molar-refractivity contribution in [3.05, 3.63) is 66.4 Å². The smallest absolute Gasteiger partial charge is 0.268 e. The summed E-state index contributed by atoms with van der Waals surface area (Å²) in [6.45, 7) is 0.361. The quantitative estimate of drug-likeness (QED) is 0.608. The number of rotatable bonds is 3. The van der Waals surface area contributed by atoms with Crippen LogP contribution in [0.25, 0.3) is 21.8 Å². The van der Waals surface area contributed by atoms with Gasteiger partial charge in [0.2, 0.25) is 0 Å². The molecule has 0 saturated heterocycles. The maximum atomic E-state index is 12.2.